The standard InChI is InChI=1S/C81H64N4O2Si.Pt/c1-54-46-77(82-52-69(54)66-38-25-43-76-78(66)67-37-18-22-42-75(67)87-76)85-71-39-19-17-36-64(71)65-45-44-59(51-74(65)85)86-58-28-24-27-57(50-58)83-53-84(73-41-21-20-40-72(73)83)79-68(48-56(80(2,3)4)49-70(79)81(5,6)7)55-26-23-35-63(47-55)88(60-29-11-8-12-30-60,61-31-13-9-14-32-61)62-33-15-10-16-34-62;/h8-49,52H,1-7H3;/q-2;/i1D3;. The van der Waals surface area contributed by atoms with Gasteiger partial charge in [-0.3, -0.25) is 4.57 Å². The van der Waals surface area contributed by atoms with Crippen LogP contribution in [0.1, 0.15) is 62.3 Å². The molecule has 15 aromatic rings. The molecule has 0 fully saturated rings. The number of aromatic nitrogens is 4. The van der Waals surface area contributed by atoms with Crippen molar-refractivity contribution in [1.29, 1.82) is 0 Å². The van der Waals surface area contributed by atoms with Gasteiger partial charge in [0.25, 0.3) is 6.33 Å². The van der Waals surface area contributed by atoms with E-state index >= 15 is 0 Å². The van der Waals surface area contributed by atoms with Gasteiger partial charge in [-0.15, -0.1) is 29.7 Å². The van der Waals surface area contributed by atoms with E-state index in [0.29, 0.717) is 34.0 Å². The Labute approximate surface area is 539 Å². The van der Waals surface area contributed by atoms with Crippen LogP contribution in [0.25, 0.3) is 94.2 Å². The molecule has 0 aliphatic heterocycles. The first kappa shape index (κ1) is 53.6. The maximum Gasteiger partial charge on any atom is 0.268 e. The predicted molar refractivity (Wildman–Crippen MR) is 364 cm³/mol. The van der Waals surface area contributed by atoms with E-state index in [9.17, 15) is 0 Å². The Bertz CT molecular complexity index is 5200. The molecule has 0 unspecified atom stereocenters. The summed E-state index contributed by atoms with van der Waals surface area (Å²) in [5, 5.41) is 8.87. The van der Waals surface area contributed by atoms with E-state index in [0.717, 1.165) is 71.7 Å². The number of fused-ring (bicyclic) bond motifs is 7. The second-order valence-electron chi connectivity index (χ2n) is 24.9. The molecule has 436 valence electrons. The summed E-state index contributed by atoms with van der Waals surface area (Å²) in [4.78, 5) is 5.06. The fraction of sp³-hybridized carbons (Fsp3) is 0.111. The first-order chi connectivity index (χ1) is 44.0. The SMILES string of the molecule is [2H]C([2H])([2H])c1cc(-n2c3[c-]c(Oc4[c-]c(-n5[c-][n+](-c6c(-c7cccc([Si](c8ccccc8)(c8ccccc8)c8ccccc8)c7)cc(C(C)(C)C)cc6C(C)(C)C)c6ccccc65)ccc4)ccc3c3ccccc32)ncc1-c1cccc2oc3ccccc3c12.[Pt]. The molecule has 0 spiro atoms. The molecule has 0 N–H and O–H groups in total. The summed E-state index contributed by atoms with van der Waals surface area (Å²) in [7, 11) is -2.91. The molecule has 15 rings (SSSR count). The molecular weight excluding hydrogens is 1280 g/mol. The minimum atomic E-state index is -2.91. The van der Waals surface area contributed by atoms with E-state index in [1.54, 1.807) is 12.3 Å². The van der Waals surface area contributed by atoms with Gasteiger partial charge < -0.3 is 18.3 Å². The topological polar surface area (TPSA) is 49.0 Å². The third-order valence-electron chi connectivity index (χ3n) is 17.4. The molecule has 0 saturated heterocycles. The van der Waals surface area contributed by atoms with Crippen LogP contribution in [0.15, 0.2) is 265 Å². The molecule has 8 heteroatoms. The first-order valence-electron chi connectivity index (χ1n) is 31.5. The van der Waals surface area contributed by atoms with Gasteiger partial charge in [-0.05, 0) is 107 Å². The van der Waals surface area contributed by atoms with Gasteiger partial charge in [0.1, 0.15) is 17.0 Å². The number of nitrogens with zero attached hydrogens (tertiary/aromatic N) is 4. The fourth-order valence-corrected chi connectivity index (χ4v) is 18.0. The number of benzene rings is 11. The smallest absolute Gasteiger partial charge is 0.268 e. The van der Waals surface area contributed by atoms with Crippen LogP contribution in [0, 0.1) is 25.3 Å². The van der Waals surface area contributed by atoms with Gasteiger partial charge in [0, 0.05) is 64.7 Å². The van der Waals surface area contributed by atoms with Gasteiger partial charge in [-0.1, -0.05) is 247 Å². The summed E-state index contributed by atoms with van der Waals surface area (Å²) in [5.41, 5.74) is 12.3. The van der Waals surface area contributed by atoms with Crippen LogP contribution in [0.4, 0.5) is 0 Å². The molecule has 0 amide bonds. The van der Waals surface area contributed by atoms with E-state index in [-0.39, 0.29) is 37.5 Å². The minimum absolute atomic E-state index is 0. The van der Waals surface area contributed by atoms with Crippen molar-refractivity contribution in [2.24, 2.45) is 0 Å². The maximum atomic E-state index is 8.92. The van der Waals surface area contributed by atoms with Crippen LogP contribution in [-0.2, 0) is 31.9 Å². The third kappa shape index (κ3) is 9.85. The number of aryl methyl sites for hydroxylation is 1. The zero-order valence-electron chi connectivity index (χ0n) is 53.2. The summed E-state index contributed by atoms with van der Waals surface area (Å²) in [6.07, 6.45) is 5.60. The van der Waals surface area contributed by atoms with E-state index in [1.807, 2.05) is 95.6 Å². The molecule has 11 aromatic carbocycles. The van der Waals surface area contributed by atoms with E-state index in [2.05, 4.69) is 227 Å². The van der Waals surface area contributed by atoms with Crippen LogP contribution in [-0.4, -0.2) is 22.2 Å². The second-order valence-corrected chi connectivity index (χ2v) is 28.7. The number of imidazole rings is 1. The van der Waals surface area contributed by atoms with Gasteiger partial charge >= 0.3 is 0 Å². The van der Waals surface area contributed by atoms with Crippen LogP contribution < -0.4 is 30.1 Å². The number of rotatable bonds is 11. The number of hydrogen-bond donors (Lipinski definition) is 0. The van der Waals surface area contributed by atoms with Crippen molar-refractivity contribution in [2.75, 3.05) is 0 Å². The molecular formula is C81H64N4O2PtSi-2. The average Bonchev–Trinajstić information content (AvgIpc) is 1.25. The minimum Gasteiger partial charge on any atom is -0.510 e. The molecule has 0 aliphatic rings. The average molecular weight is 1350 g/mol. The maximum absolute atomic E-state index is 8.92. The molecule has 0 aliphatic carbocycles. The number of pyridine rings is 1. The zero-order valence-corrected chi connectivity index (χ0v) is 53.5. The molecule has 0 radical (unpaired) electrons. The van der Waals surface area contributed by atoms with Crippen LogP contribution in [0.2, 0.25) is 0 Å². The molecule has 0 saturated carbocycles. The van der Waals surface area contributed by atoms with Crippen molar-refractivity contribution >= 4 is 83.6 Å². The molecule has 4 aromatic heterocycles. The van der Waals surface area contributed by atoms with Crippen molar-refractivity contribution in [3.63, 3.8) is 0 Å². The summed E-state index contributed by atoms with van der Waals surface area (Å²) in [6, 6.07) is 96.5. The molecule has 0 bridgehead atoms. The summed E-state index contributed by atoms with van der Waals surface area (Å²) < 4.78 is 46.1. The first-order valence-corrected chi connectivity index (χ1v) is 32.0. The number of hydrogen-bond acceptors (Lipinski definition) is 3. The third-order valence-corrected chi connectivity index (χ3v) is 22.2. The van der Waals surface area contributed by atoms with E-state index in [4.69, 9.17) is 18.3 Å². The number of furan rings is 1. The number of ether oxygens (including phenoxy) is 1. The van der Waals surface area contributed by atoms with Crippen LogP contribution >= 0.6 is 0 Å². The second kappa shape index (κ2) is 22.5. The Morgan fingerprint density at radius 2 is 1.13 bits per heavy atom. The van der Waals surface area contributed by atoms with Gasteiger partial charge in [-0.2, -0.15) is 18.2 Å². The Hall–Kier alpha value is -9.65. The van der Waals surface area contributed by atoms with Gasteiger partial charge in [0.2, 0.25) is 0 Å². The van der Waals surface area contributed by atoms with Crippen molar-refractivity contribution < 1.29 is 38.9 Å². The fourth-order valence-electron chi connectivity index (χ4n) is 13.2. The van der Waals surface area contributed by atoms with Crippen LogP contribution in [0.5, 0.6) is 11.5 Å². The summed E-state index contributed by atoms with van der Waals surface area (Å²) in [6.45, 7) is 11.4. The Morgan fingerprint density at radius 3 is 1.84 bits per heavy atom. The largest absolute Gasteiger partial charge is 0.510 e. The van der Waals surface area contributed by atoms with Gasteiger partial charge in [0.15, 0.2) is 8.07 Å². The zero-order chi connectivity index (χ0) is 62.4. The predicted octanol–water partition coefficient (Wildman–Crippen LogP) is 17.1. The monoisotopic (exact) mass is 1350 g/mol. The molecule has 4 heterocycles. The summed E-state index contributed by atoms with van der Waals surface area (Å²) in [5.74, 6) is 1.37. The van der Waals surface area contributed by atoms with Gasteiger partial charge in [-0.25, -0.2) is 4.98 Å². The summed E-state index contributed by atoms with van der Waals surface area (Å²) >= 11 is 0. The van der Waals surface area contributed by atoms with Crippen molar-refractivity contribution in [3.05, 3.63) is 296 Å². The van der Waals surface area contributed by atoms with Gasteiger partial charge in [0.05, 0.1) is 16.7 Å². The Balaban J connectivity index is 0.00000735. The Morgan fingerprint density at radius 1 is 0.517 bits per heavy atom. The normalized spacial score (nSPS) is 12.8. The molecule has 0 atom stereocenters. The van der Waals surface area contributed by atoms with Crippen molar-refractivity contribution in [2.45, 2.75) is 59.2 Å². The quantitative estimate of drug-likeness (QED) is 0.0561. The Kier molecular flexibility index (Phi) is 13.5. The number of para-hydroxylation sites is 4. The molecule has 89 heavy (non-hydrogen) atoms. The van der Waals surface area contributed by atoms with Crippen LogP contribution in [0.3, 0.4) is 0 Å². The van der Waals surface area contributed by atoms with E-state index < -0.39 is 14.9 Å². The van der Waals surface area contributed by atoms with Crippen molar-refractivity contribution in [3.8, 4) is 50.9 Å². The van der Waals surface area contributed by atoms with Crippen molar-refractivity contribution in [1.82, 2.24) is 14.1 Å². The molecule has 6 nitrogen and oxygen atoms in total. The van der Waals surface area contributed by atoms with E-state index in [1.165, 1.54) is 31.9 Å².